The topological polar surface area (TPSA) is 102 Å². The molecule has 1 saturated heterocycles. The van der Waals surface area contributed by atoms with Crippen LogP contribution < -0.4 is 0 Å². The van der Waals surface area contributed by atoms with E-state index in [9.17, 15) is 14.4 Å². The molecule has 1 N–H and O–H groups in total. The van der Waals surface area contributed by atoms with Crippen LogP contribution in [0.4, 0.5) is 0 Å². The fourth-order valence-electron chi connectivity index (χ4n) is 2.53. The van der Waals surface area contributed by atoms with Gasteiger partial charge in [0.15, 0.2) is 0 Å². The Morgan fingerprint density at radius 1 is 1.39 bits per heavy atom. The average molecular weight is 323 g/mol. The summed E-state index contributed by atoms with van der Waals surface area (Å²) in [5, 5.41) is 12.9. The number of aromatic nitrogens is 2. The van der Waals surface area contributed by atoms with Crippen molar-refractivity contribution in [2.45, 2.75) is 32.7 Å². The molecule has 0 spiro atoms. The molecule has 1 aromatic heterocycles. The lowest BCUT2D eigenvalue weighted by Crippen LogP contribution is -2.40. The SMILES string of the molecule is CCOC(=O)C1CCN(C(=O)c2cnn(C(C)C(=O)O)c2)CC1. The maximum absolute atomic E-state index is 12.4. The second-order valence-electron chi connectivity index (χ2n) is 5.54. The summed E-state index contributed by atoms with van der Waals surface area (Å²) in [7, 11) is 0. The van der Waals surface area contributed by atoms with Crippen LogP contribution >= 0.6 is 0 Å². The lowest BCUT2D eigenvalue weighted by molar-refractivity contribution is -0.149. The zero-order valence-corrected chi connectivity index (χ0v) is 13.3. The summed E-state index contributed by atoms with van der Waals surface area (Å²) < 4.78 is 6.25. The van der Waals surface area contributed by atoms with Crippen molar-refractivity contribution in [1.29, 1.82) is 0 Å². The fraction of sp³-hybridized carbons (Fsp3) is 0.600. The zero-order chi connectivity index (χ0) is 17.0. The maximum Gasteiger partial charge on any atom is 0.328 e. The van der Waals surface area contributed by atoms with E-state index in [2.05, 4.69) is 5.10 Å². The number of ether oxygens (including phenoxy) is 1. The first-order valence-corrected chi connectivity index (χ1v) is 7.67. The number of hydrogen-bond acceptors (Lipinski definition) is 5. The Labute approximate surface area is 134 Å². The highest BCUT2D eigenvalue weighted by atomic mass is 16.5. The lowest BCUT2D eigenvalue weighted by atomic mass is 9.96. The van der Waals surface area contributed by atoms with Crippen molar-refractivity contribution in [2.75, 3.05) is 19.7 Å². The van der Waals surface area contributed by atoms with Gasteiger partial charge in [0, 0.05) is 19.3 Å². The third-order valence-corrected chi connectivity index (χ3v) is 4.00. The van der Waals surface area contributed by atoms with Crippen LogP contribution in [-0.4, -0.2) is 57.3 Å². The highest BCUT2D eigenvalue weighted by Crippen LogP contribution is 2.20. The molecule has 2 heterocycles. The standard InChI is InChI=1S/C15H21N3O5/c1-3-23-15(22)11-4-6-17(7-5-11)13(19)12-8-16-18(9-12)10(2)14(20)21/h8-11H,3-7H2,1-2H3,(H,20,21). The number of carboxylic acid groups (broad SMARTS) is 1. The van der Waals surface area contributed by atoms with Crippen molar-refractivity contribution >= 4 is 17.8 Å². The normalized spacial score (nSPS) is 16.9. The molecular formula is C15H21N3O5. The predicted octanol–water partition coefficient (Wildman–Crippen LogP) is 0.944. The molecule has 1 aliphatic heterocycles. The van der Waals surface area contributed by atoms with E-state index in [0.29, 0.717) is 38.1 Å². The van der Waals surface area contributed by atoms with Gasteiger partial charge in [-0.05, 0) is 26.7 Å². The van der Waals surface area contributed by atoms with Gasteiger partial charge < -0.3 is 14.7 Å². The summed E-state index contributed by atoms with van der Waals surface area (Å²) in [5.74, 6) is -1.57. The molecule has 8 heteroatoms. The van der Waals surface area contributed by atoms with Crippen LogP contribution in [0.15, 0.2) is 12.4 Å². The minimum absolute atomic E-state index is 0.159. The highest BCUT2D eigenvalue weighted by Gasteiger charge is 2.29. The maximum atomic E-state index is 12.4. The third kappa shape index (κ3) is 3.88. The number of likely N-dealkylation sites (tertiary alicyclic amines) is 1. The van der Waals surface area contributed by atoms with E-state index in [4.69, 9.17) is 9.84 Å². The second kappa shape index (κ2) is 7.26. The fourth-order valence-corrected chi connectivity index (χ4v) is 2.53. The van der Waals surface area contributed by atoms with Crippen LogP contribution in [0.25, 0.3) is 0 Å². The van der Waals surface area contributed by atoms with Crippen LogP contribution in [0, 0.1) is 5.92 Å². The van der Waals surface area contributed by atoms with Crippen LogP contribution in [-0.2, 0) is 14.3 Å². The molecule has 1 unspecified atom stereocenters. The Morgan fingerprint density at radius 2 is 2.04 bits per heavy atom. The summed E-state index contributed by atoms with van der Waals surface area (Å²) in [6.45, 7) is 4.57. The number of piperidine rings is 1. The lowest BCUT2D eigenvalue weighted by Gasteiger charge is -2.30. The van der Waals surface area contributed by atoms with Gasteiger partial charge in [0.1, 0.15) is 6.04 Å². The van der Waals surface area contributed by atoms with Gasteiger partial charge >= 0.3 is 11.9 Å². The van der Waals surface area contributed by atoms with Crippen molar-refractivity contribution in [3.63, 3.8) is 0 Å². The third-order valence-electron chi connectivity index (χ3n) is 4.00. The number of rotatable bonds is 5. The zero-order valence-electron chi connectivity index (χ0n) is 13.3. The molecule has 0 bridgehead atoms. The number of amides is 1. The minimum Gasteiger partial charge on any atom is -0.480 e. The van der Waals surface area contributed by atoms with E-state index in [1.807, 2.05) is 0 Å². The first-order valence-electron chi connectivity index (χ1n) is 7.67. The Bertz CT molecular complexity index is 590. The number of carbonyl (C=O) groups excluding carboxylic acids is 2. The number of aliphatic carboxylic acids is 1. The molecule has 1 amide bonds. The molecule has 0 aliphatic carbocycles. The molecule has 2 rings (SSSR count). The Morgan fingerprint density at radius 3 is 2.61 bits per heavy atom. The largest absolute Gasteiger partial charge is 0.480 e. The Kier molecular flexibility index (Phi) is 5.36. The van der Waals surface area contributed by atoms with E-state index in [1.165, 1.54) is 24.0 Å². The number of nitrogens with zero attached hydrogens (tertiary/aromatic N) is 3. The first kappa shape index (κ1) is 17.0. The molecular weight excluding hydrogens is 302 g/mol. The van der Waals surface area contributed by atoms with Gasteiger partial charge in [-0.1, -0.05) is 0 Å². The van der Waals surface area contributed by atoms with Crippen molar-refractivity contribution < 1.29 is 24.2 Å². The monoisotopic (exact) mass is 323 g/mol. The van der Waals surface area contributed by atoms with Gasteiger partial charge in [-0.15, -0.1) is 0 Å². The second-order valence-corrected chi connectivity index (χ2v) is 5.54. The van der Waals surface area contributed by atoms with Crippen molar-refractivity contribution in [1.82, 2.24) is 14.7 Å². The molecule has 1 atom stereocenters. The van der Waals surface area contributed by atoms with E-state index >= 15 is 0 Å². The van der Waals surface area contributed by atoms with Crippen molar-refractivity contribution in [3.05, 3.63) is 18.0 Å². The number of carboxylic acids is 1. The van der Waals surface area contributed by atoms with Gasteiger partial charge in [0.25, 0.3) is 5.91 Å². The van der Waals surface area contributed by atoms with Gasteiger partial charge in [0.05, 0.1) is 24.3 Å². The molecule has 0 radical (unpaired) electrons. The van der Waals surface area contributed by atoms with Crippen molar-refractivity contribution in [2.24, 2.45) is 5.92 Å². The van der Waals surface area contributed by atoms with E-state index in [1.54, 1.807) is 11.8 Å². The van der Waals surface area contributed by atoms with Crippen LogP contribution in [0.3, 0.4) is 0 Å². The molecule has 1 aliphatic rings. The highest BCUT2D eigenvalue weighted by molar-refractivity contribution is 5.94. The number of carbonyl (C=O) groups is 3. The Hall–Kier alpha value is -2.38. The average Bonchev–Trinajstić information content (AvgIpc) is 3.03. The summed E-state index contributed by atoms with van der Waals surface area (Å²) in [5.41, 5.74) is 0.354. The molecule has 0 saturated carbocycles. The first-order chi connectivity index (χ1) is 10.9. The van der Waals surface area contributed by atoms with E-state index in [-0.39, 0.29) is 17.8 Å². The van der Waals surface area contributed by atoms with Gasteiger partial charge in [-0.3, -0.25) is 14.3 Å². The van der Waals surface area contributed by atoms with E-state index in [0.717, 1.165) is 0 Å². The van der Waals surface area contributed by atoms with Gasteiger partial charge in [-0.2, -0.15) is 5.10 Å². The molecule has 1 fully saturated rings. The number of hydrogen-bond donors (Lipinski definition) is 1. The summed E-state index contributed by atoms with van der Waals surface area (Å²) in [4.78, 5) is 36.7. The van der Waals surface area contributed by atoms with E-state index < -0.39 is 12.0 Å². The minimum atomic E-state index is -1.01. The quantitative estimate of drug-likeness (QED) is 0.809. The number of esters is 1. The predicted molar refractivity (Wildman–Crippen MR) is 79.8 cm³/mol. The summed E-state index contributed by atoms with van der Waals surface area (Å²) in [6.07, 6.45) is 3.96. The summed E-state index contributed by atoms with van der Waals surface area (Å²) >= 11 is 0. The smallest absolute Gasteiger partial charge is 0.328 e. The molecule has 0 aromatic carbocycles. The summed E-state index contributed by atoms with van der Waals surface area (Å²) in [6, 6.07) is -0.828. The molecule has 8 nitrogen and oxygen atoms in total. The molecule has 126 valence electrons. The van der Waals surface area contributed by atoms with Crippen LogP contribution in [0.2, 0.25) is 0 Å². The van der Waals surface area contributed by atoms with Crippen LogP contribution in [0.1, 0.15) is 43.1 Å². The van der Waals surface area contributed by atoms with Gasteiger partial charge in [0.2, 0.25) is 0 Å². The molecule has 23 heavy (non-hydrogen) atoms. The van der Waals surface area contributed by atoms with Crippen LogP contribution in [0.5, 0.6) is 0 Å². The van der Waals surface area contributed by atoms with Crippen molar-refractivity contribution in [3.8, 4) is 0 Å². The van der Waals surface area contributed by atoms with Gasteiger partial charge in [-0.25, -0.2) is 4.79 Å². The molecule has 1 aromatic rings. The Balaban J connectivity index is 1.95.